The van der Waals surface area contributed by atoms with Gasteiger partial charge in [0.15, 0.2) is 11.6 Å². The van der Waals surface area contributed by atoms with Gasteiger partial charge in [-0.3, -0.25) is 0 Å². The highest BCUT2D eigenvalue weighted by Crippen LogP contribution is 2.28. The van der Waals surface area contributed by atoms with Crippen molar-refractivity contribution in [2.24, 2.45) is 0 Å². The van der Waals surface area contributed by atoms with Gasteiger partial charge < -0.3 is 10.4 Å². The molecule has 1 fully saturated rings. The maximum absolute atomic E-state index is 13.4. The first-order chi connectivity index (χ1) is 6.29. The van der Waals surface area contributed by atoms with Gasteiger partial charge in [0, 0.05) is 11.6 Å². The van der Waals surface area contributed by atoms with Crippen molar-refractivity contribution in [3.63, 3.8) is 0 Å². The summed E-state index contributed by atoms with van der Waals surface area (Å²) in [4.78, 5) is 0. The largest absolute Gasteiger partial charge is 0.505 e. The van der Waals surface area contributed by atoms with Crippen LogP contribution in [0.1, 0.15) is 24.4 Å². The highest BCUT2D eigenvalue weighted by molar-refractivity contribution is 5.32. The van der Waals surface area contributed by atoms with E-state index in [4.69, 9.17) is 5.11 Å². The van der Waals surface area contributed by atoms with Crippen LogP contribution in [-0.4, -0.2) is 11.7 Å². The van der Waals surface area contributed by atoms with Gasteiger partial charge >= 0.3 is 0 Å². The van der Waals surface area contributed by atoms with E-state index in [1.165, 1.54) is 6.07 Å². The molecule has 1 atom stereocenters. The van der Waals surface area contributed by atoms with E-state index in [-0.39, 0.29) is 11.8 Å². The molecule has 3 heteroatoms. The minimum Gasteiger partial charge on any atom is -0.505 e. The molecule has 1 aliphatic heterocycles. The zero-order valence-corrected chi connectivity index (χ0v) is 7.26. The van der Waals surface area contributed by atoms with Crippen molar-refractivity contribution in [3.8, 4) is 5.75 Å². The Kier molecular flexibility index (Phi) is 2.19. The predicted molar refractivity (Wildman–Crippen MR) is 48.0 cm³/mol. The topological polar surface area (TPSA) is 32.3 Å². The third-order valence-corrected chi connectivity index (χ3v) is 2.44. The van der Waals surface area contributed by atoms with Crippen molar-refractivity contribution in [1.29, 1.82) is 0 Å². The molecule has 1 aromatic carbocycles. The van der Waals surface area contributed by atoms with Gasteiger partial charge in [0.2, 0.25) is 0 Å². The maximum Gasteiger partial charge on any atom is 0.169 e. The predicted octanol–water partition coefficient (Wildman–Crippen LogP) is 1.96. The van der Waals surface area contributed by atoms with Crippen LogP contribution in [0.3, 0.4) is 0 Å². The van der Waals surface area contributed by atoms with Crippen LogP contribution in [0.2, 0.25) is 0 Å². The third-order valence-electron chi connectivity index (χ3n) is 2.44. The Morgan fingerprint density at radius 1 is 1.46 bits per heavy atom. The summed E-state index contributed by atoms with van der Waals surface area (Å²) >= 11 is 0. The molecule has 13 heavy (non-hydrogen) atoms. The van der Waals surface area contributed by atoms with E-state index in [9.17, 15) is 4.39 Å². The van der Waals surface area contributed by atoms with Gasteiger partial charge in [-0.15, -0.1) is 0 Å². The fourth-order valence-electron chi connectivity index (χ4n) is 1.76. The summed E-state index contributed by atoms with van der Waals surface area (Å²) < 4.78 is 13.4. The summed E-state index contributed by atoms with van der Waals surface area (Å²) in [6.45, 7) is 0.930. The molecule has 0 radical (unpaired) electrons. The number of hydrogen-bond acceptors (Lipinski definition) is 2. The lowest BCUT2D eigenvalue weighted by Gasteiger charge is -2.11. The zero-order valence-electron chi connectivity index (χ0n) is 7.26. The van der Waals surface area contributed by atoms with Crippen molar-refractivity contribution in [3.05, 3.63) is 29.6 Å². The van der Waals surface area contributed by atoms with Crippen LogP contribution in [-0.2, 0) is 0 Å². The molecule has 1 saturated heterocycles. The Hall–Kier alpha value is -1.09. The summed E-state index contributed by atoms with van der Waals surface area (Å²) in [5.41, 5.74) is 0.581. The van der Waals surface area contributed by atoms with Crippen LogP contribution in [0.15, 0.2) is 18.2 Å². The van der Waals surface area contributed by atoms with Crippen LogP contribution in [0, 0.1) is 5.82 Å². The first kappa shape index (κ1) is 8.51. The molecule has 2 nitrogen and oxygen atoms in total. The van der Waals surface area contributed by atoms with Crippen LogP contribution >= 0.6 is 0 Å². The fourth-order valence-corrected chi connectivity index (χ4v) is 1.76. The number of nitrogens with one attached hydrogen (secondary N) is 1. The SMILES string of the molecule is Oc1cccc([C@H]2CCCN2)c1F. The van der Waals surface area contributed by atoms with Gasteiger partial charge in [-0.1, -0.05) is 12.1 Å². The molecule has 0 bridgehead atoms. The summed E-state index contributed by atoms with van der Waals surface area (Å²) in [6.07, 6.45) is 2.01. The minimum absolute atomic E-state index is 0.0760. The monoisotopic (exact) mass is 181 g/mol. The van der Waals surface area contributed by atoms with Crippen LogP contribution in [0.4, 0.5) is 4.39 Å². The molecule has 70 valence electrons. The molecule has 0 aliphatic carbocycles. The van der Waals surface area contributed by atoms with E-state index in [0.29, 0.717) is 5.56 Å². The molecular formula is C10H12FNO. The van der Waals surface area contributed by atoms with Crippen LogP contribution < -0.4 is 5.32 Å². The first-order valence-corrected chi connectivity index (χ1v) is 4.50. The zero-order chi connectivity index (χ0) is 9.26. The highest BCUT2D eigenvalue weighted by Gasteiger charge is 2.20. The van der Waals surface area contributed by atoms with E-state index in [1.54, 1.807) is 12.1 Å². The number of benzene rings is 1. The lowest BCUT2D eigenvalue weighted by Crippen LogP contribution is -2.14. The van der Waals surface area contributed by atoms with Crippen molar-refractivity contribution >= 4 is 0 Å². The van der Waals surface area contributed by atoms with Crippen molar-refractivity contribution < 1.29 is 9.50 Å². The average Bonchev–Trinajstić information content (AvgIpc) is 2.62. The van der Waals surface area contributed by atoms with E-state index in [1.807, 2.05) is 0 Å². The molecule has 2 rings (SSSR count). The average molecular weight is 181 g/mol. The smallest absolute Gasteiger partial charge is 0.169 e. The number of phenols is 1. The Balaban J connectivity index is 2.33. The third kappa shape index (κ3) is 1.52. The number of hydrogen-bond donors (Lipinski definition) is 2. The summed E-state index contributed by atoms with van der Waals surface area (Å²) in [5.74, 6) is -0.742. The number of rotatable bonds is 1. The molecule has 0 aromatic heterocycles. The van der Waals surface area contributed by atoms with Gasteiger partial charge in [0.05, 0.1) is 0 Å². The number of aromatic hydroxyl groups is 1. The second-order valence-corrected chi connectivity index (χ2v) is 3.33. The standard InChI is InChI=1S/C10H12FNO/c11-10-7(3-1-5-9(10)13)8-4-2-6-12-8/h1,3,5,8,12-13H,2,4,6H2/t8-/m1/s1. The summed E-state index contributed by atoms with van der Waals surface area (Å²) in [5, 5.41) is 12.3. The molecule has 1 aliphatic rings. The molecule has 2 N–H and O–H groups in total. The molecule has 0 spiro atoms. The van der Waals surface area contributed by atoms with E-state index >= 15 is 0 Å². The molecular weight excluding hydrogens is 169 g/mol. The lowest BCUT2D eigenvalue weighted by atomic mass is 10.0. The van der Waals surface area contributed by atoms with Crippen LogP contribution in [0.5, 0.6) is 5.75 Å². The first-order valence-electron chi connectivity index (χ1n) is 4.50. The number of halogens is 1. The van der Waals surface area contributed by atoms with Crippen molar-refractivity contribution in [2.45, 2.75) is 18.9 Å². The highest BCUT2D eigenvalue weighted by atomic mass is 19.1. The van der Waals surface area contributed by atoms with Gasteiger partial charge in [-0.25, -0.2) is 4.39 Å². The lowest BCUT2D eigenvalue weighted by molar-refractivity contribution is 0.423. The molecule has 0 saturated carbocycles. The fraction of sp³-hybridized carbons (Fsp3) is 0.400. The van der Waals surface area contributed by atoms with Crippen LogP contribution in [0.25, 0.3) is 0 Å². The Labute approximate surface area is 76.4 Å². The normalized spacial score (nSPS) is 22.1. The van der Waals surface area contributed by atoms with E-state index < -0.39 is 5.82 Å². The Bertz CT molecular complexity index is 308. The maximum atomic E-state index is 13.4. The quantitative estimate of drug-likeness (QED) is 0.694. The molecule has 1 aromatic rings. The Morgan fingerprint density at radius 3 is 3.00 bits per heavy atom. The second kappa shape index (κ2) is 3.34. The molecule has 0 amide bonds. The van der Waals surface area contributed by atoms with Gasteiger partial charge in [0.25, 0.3) is 0 Å². The van der Waals surface area contributed by atoms with Gasteiger partial charge in [-0.05, 0) is 25.5 Å². The molecule has 1 heterocycles. The summed E-state index contributed by atoms with van der Waals surface area (Å²) in [7, 11) is 0. The number of phenolic OH excluding ortho intramolecular Hbond substituents is 1. The summed E-state index contributed by atoms with van der Waals surface area (Å²) in [6, 6.07) is 4.84. The second-order valence-electron chi connectivity index (χ2n) is 3.33. The van der Waals surface area contributed by atoms with E-state index in [2.05, 4.69) is 5.32 Å². The van der Waals surface area contributed by atoms with Gasteiger partial charge in [-0.2, -0.15) is 0 Å². The van der Waals surface area contributed by atoms with Crippen molar-refractivity contribution in [1.82, 2.24) is 5.32 Å². The Morgan fingerprint density at radius 2 is 2.31 bits per heavy atom. The van der Waals surface area contributed by atoms with Crippen molar-refractivity contribution in [2.75, 3.05) is 6.54 Å². The van der Waals surface area contributed by atoms with Gasteiger partial charge in [0.1, 0.15) is 0 Å². The molecule has 0 unspecified atom stereocenters. The van der Waals surface area contributed by atoms with E-state index in [0.717, 1.165) is 19.4 Å². The minimum atomic E-state index is -0.484.